The molecule has 0 bridgehead atoms. The van der Waals surface area contributed by atoms with Gasteiger partial charge in [-0.15, -0.1) is 0 Å². The summed E-state index contributed by atoms with van der Waals surface area (Å²) in [7, 11) is 0. The van der Waals surface area contributed by atoms with Crippen LogP contribution in [0, 0.1) is 11.8 Å². The Labute approximate surface area is 182 Å². The molecule has 1 unspecified atom stereocenters. The zero-order valence-electron chi connectivity index (χ0n) is 17.7. The Morgan fingerprint density at radius 1 is 1.13 bits per heavy atom. The maximum absolute atomic E-state index is 12.6. The Morgan fingerprint density at radius 3 is 2.84 bits per heavy atom. The lowest BCUT2D eigenvalue weighted by molar-refractivity contribution is -0.120. The van der Waals surface area contributed by atoms with Crippen molar-refractivity contribution in [1.82, 2.24) is 19.9 Å². The molecule has 7 nitrogen and oxygen atoms in total. The number of carbonyl (C=O) groups is 1. The first-order valence-corrected chi connectivity index (χ1v) is 11.3. The van der Waals surface area contributed by atoms with Crippen molar-refractivity contribution in [3.05, 3.63) is 42.9 Å². The second-order valence-corrected chi connectivity index (χ2v) is 8.62. The lowest BCUT2D eigenvalue weighted by Gasteiger charge is -2.22. The predicted octanol–water partition coefficient (Wildman–Crippen LogP) is 3.46. The number of ether oxygens (including phenoxy) is 1. The predicted molar refractivity (Wildman–Crippen MR) is 121 cm³/mol. The van der Waals surface area contributed by atoms with Gasteiger partial charge in [0, 0.05) is 32.5 Å². The highest BCUT2D eigenvalue weighted by atomic mass is 16.5. The fourth-order valence-corrected chi connectivity index (χ4v) is 4.57. The van der Waals surface area contributed by atoms with E-state index in [1.54, 1.807) is 6.20 Å². The number of nitrogens with one attached hydrogen (secondary N) is 2. The monoisotopic (exact) mass is 419 g/mol. The summed E-state index contributed by atoms with van der Waals surface area (Å²) < 4.78 is 7.76. The van der Waals surface area contributed by atoms with Gasteiger partial charge in [0.15, 0.2) is 0 Å². The van der Waals surface area contributed by atoms with E-state index in [-0.39, 0.29) is 11.8 Å². The molecule has 7 heteroatoms. The van der Waals surface area contributed by atoms with Crippen LogP contribution in [-0.4, -0.2) is 46.7 Å². The van der Waals surface area contributed by atoms with Gasteiger partial charge in [-0.05, 0) is 73.5 Å². The Balaban J connectivity index is 1.35. The first-order valence-electron chi connectivity index (χ1n) is 11.3. The molecule has 3 aromatic rings. The van der Waals surface area contributed by atoms with Gasteiger partial charge in [0.05, 0.1) is 23.3 Å². The van der Waals surface area contributed by atoms with Crippen molar-refractivity contribution >= 4 is 22.8 Å². The van der Waals surface area contributed by atoms with E-state index in [9.17, 15) is 4.79 Å². The normalized spacial score (nSPS) is 20.1. The van der Waals surface area contributed by atoms with Crippen molar-refractivity contribution in [3.63, 3.8) is 0 Å². The molecule has 0 saturated carbocycles. The highest BCUT2D eigenvalue weighted by Crippen LogP contribution is 2.27. The van der Waals surface area contributed by atoms with Crippen molar-refractivity contribution in [2.45, 2.75) is 32.2 Å². The van der Waals surface area contributed by atoms with E-state index in [4.69, 9.17) is 4.74 Å². The molecule has 1 aromatic carbocycles. The number of benzene rings is 1. The fraction of sp³-hybridized carbons (Fsp3) is 0.458. The third-order valence-electron chi connectivity index (χ3n) is 6.43. The molecule has 2 aromatic heterocycles. The first-order chi connectivity index (χ1) is 15.3. The topological polar surface area (TPSA) is 81.1 Å². The van der Waals surface area contributed by atoms with Crippen LogP contribution in [0.25, 0.3) is 22.2 Å². The molecule has 2 saturated heterocycles. The third kappa shape index (κ3) is 4.62. The number of rotatable bonds is 5. The first kappa shape index (κ1) is 20.2. The molecule has 0 aliphatic carbocycles. The molecule has 0 spiro atoms. The Hall–Kier alpha value is -2.77. The fourth-order valence-electron chi connectivity index (χ4n) is 4.57. The van der Waals surface area contributed by atoms with E-state index >= 15 is 0 Å². The van der Waals surface area contributed by atoms with Crippen LogP contribution in [0.1, 0.15) is 25.7 Å². The van der Waals surface area contributed by atoms with Crippen LogP contribution >= 0.6 is 0 Å². The molecule has 2 fully saturated rings. The lowest BCUT2D eigenvalue weighted by atomic mass is 9.99. The van der Waals surface area contributed by atoms with Gasteiger partial charge in [-0.2, -0.15) is 0 Å². The van der Waals surface area contributed by atoms with Crippen LogP contribution in [-0.2, 0) is 16.1 Å². The number of anilines is 1. The number of piperidine rings is 1. The minimum absolute atomic E-state index is 0.00935. The summed E-state index contributed by atoms with van der Waals surface area (Å²) in [6.07, 6.45) is 7.86. The molecule has 2 aliphatic heterocycles. The van der Waals surface area contributed by atoms with E-state index in [1.807, 2.05) is 18.5 Å². The van der Waals surface area contributed by atoms with Gasteiger partial charge >= 0.3 is 0 Å². The number of nitrogens with zero attached hydrogens (tertiary/aromatic N) is 3. The van der Waals surface area contributed by atoms with Crippen LogP contribution in [0.15, 0.2) is 42.9 Å². The highest BCUT2D eigenvalue weighted by Gasteiger charge is 2.21. The largest absolute Gasteiger partial charge is 0.381 e. The van der Waals surface area contributed by atoms with Crippen molar-refractivity contribution < 1.29 is 9.53 Å². The van der Waals surface area contributed by atoms with Crippen molar-refractivity contribution in [3.8, 4) is 11.1 Å². The van der Waals surface area contributed by atoms with Crippen LogP contribution < -0.4 is 10.6 Å². The van der Waals surface area contributed by atoms with Crippen molar-refractivity contribution in [2.75, 3.05) is 31.6 Å². The second kappa shape index (κ2) is 9.16. The van der Waals surface area contributed by atoms with Gasteiger partial charge in [-0.25, -0.2) is 9.97 Å². The minimum atomic E-state index is 0.00935. The number of pyridine rings is 1. The van der Waals surface area contributed by atoms with Gasteiger partial charge in [0.2, 0.25) is 5.91 Å². The number of hydrogen-bond donors (Lipinski definition) is 2. The molecule has 1 atom stereocenters. The van der Waals surface area contributed by atoms with Gasteiger partial charge in [0.1, 0.15) is 5.82 Å². The van der Waals surface area contributed by atoms with E-state index in [1.165, 1.54) is 0 Å². The molecule has 5 rings (SSSR count). The number of carbonyl (C=O) groups excluding carboxylic acids is 1. The molecule has 31 heavy (non-hydrogen) atoms. The number of aromatic nitrogens is 3. The van der Waals surface area contributed by atoms with Gasteiger partial charge < -0.3 is 19.9 Å². The zero-order chi connectivity index (χ0) is 21.0. The average molecular weight is 420 g/mol. The Kier molecular flexibility index (Phi) is 5.95. The SMILES string of the molecule is O=C(Nc1cc(-c2ccc3ncn(CC4CCOCC4)c3c2)ccn1)C1CCCNC1. The molecule has 4 heterocycles. The maximum atomic E-state index is 12.6. The lowest BCUT2D eigenvalue weighted by Crippen LogP contribution is -2.37. The number of hydrogen-bond acceptors (Lipinski definition) is 5. The standard InChI is InChI=1S/C24H29N5O2/c30-24(20-2-1-8-25-14-20)28-23-13-19(5-9-26-23)18-3-4-21-22(12-18)29(16-27-21)15-17-6-10-31-11-7-17/h3-5,9,12-13,16-17,20,25H,1-2,6-8,10-11,14-15H2,(H,26,28,30). The van der Waals surface area contributed by atoms with E-state index in [2.05, 4.69) is 43.4 Å². The second-order valence-electron chi connectivity index (χ2n) is 8.62. The van der Waals surface area contributed by atoms with Crippen LogP contribution in [0.5, 0.6) is 0 Å². The van der Waals surface area contributed by atoms with Crippen LogP contribution in [0.2, 0.25) is 0 Å². The molecule has 2 aliphatic rings. The molecule has 162 valence electrons. The number of amides is 1. The molecular weight excluding hydrogens is 390 g/mol. The molecule has 2 N–H and O–H groups in total. The smallest absolute Gasteiger partial charge is 0.229 e. The number of imidazole rings is 1. The molecule has 1 amide bonds. The number of fused-ring (bicyclic) bond motifs is 1. The van der Waals surface area contributed by atoms with Gasteiger partial charge in [-0.3, -0.25) is 4.79 Å². The Bertz CT molecular complexity index is 1050. The van der Waals surface area contributed by atoms with Gasteiger partial charge in [0.25, 0.3) is 0 Å². The summed E-state index contributed by atoms with van der Waals surface area (Å²) in [5.41, 5.74) is 4.27. The van der Waals surface area contributed by atoms with Crippen LogP contribution in [0.4, 0.5) is 5.82 Å². The maximum Gasteiger partial charge on any atom is 0.229 e. The summed E-state index contributed by atoms with van der Waals surface area (Å²) in [4.78, 5) is 21.5. The summed E-state index contributed by atoms with van der Waals surface area (Å²) in [5.74, 6) is 1.28. The van der Waals surface area contributed by atoms with Gasteiger partial charge in [-0.1, -0.05) is 6.07 Å². The Morgan fingerprint density at radius 2 is 2.00 bits per heavy atom. The zero-order valence-corrected chi connectivity index (χ0v) is 17.7. The van der Waals surface area contributed by atoms with Crippen LogP contribution in [0.3, 0.4) is 0 Å². The minimum Gasteiger partial charge on any atom is -0.381 e. The van der Waals surface area contributed by atoms with E-state index in [0.29, 0.717) is 11.7 Å². The van der Waals surface area contributed by atoms with Crippen molar-refractivity contribution in [2.24, 2.45) is 11.8 Å². The third-order valence-corrected chi connectivity index (χ3v) is 6.43. The van der Waals surface area contributed by atoms with E-state index < -0.39 is 0 Å². The summed E-state index contributed by atoms with van der Waals surface area (Å²) >= 11 is 0. The van der Waals surface area contributed by atoms with E-state index in [0.717, 1.165) is 80.7 Å². The molecule has 0 radical (unpaired) electrons. The summed E-state index contributed by atoms with van der Waals surface area (Å²) in [6.45, 7) is 4.40. The molecular formula is C24H29N5O2. The highest BCUT2D eigenvalue weighted by molar-refractivity contribution is 5.92. The quantitative estimate of drug-likeness (QED) is 0.662. The summed E-state index contributed by atoms with van der Waals surface area (Å²) in [6, 6.07) is 10.3. The summed E-state index contributed by atoms with van der Waals surface area (Å²) in [5, 5.41) is 6.29. The van der Waals surface area contributed by atoms with Crippen molar-refractivity contribution in [1.29, 1.82) is 0 Å². The average Bonchev–Trinajstić information content (AvgIpc) is 3.22.